The van der Waals surface area contributed by atoms with Gasteiger partial charge in [0.2, 0.25) is 5.91 Å². The van der Waals surface area contributed by atoms with Crippen LogP contribution in [0.25, 0.3) is 6.08 Å². The monoisotopic (exact) mass is 304 g/mol. The van der Waals surface area contributed by atoms with Gasteiger partial charge in [-0.15, -0.1) is 11.3 Å². The third kappa shape index (κ3) is 3.22. The quantitative estimate of drug-likeness (QED) is 0.783. The molecule has 0 aliphatic carbocycles. The number of hydrogen-bond donors (Lipinski definition) is 0. The van der Waals surface area contributed by atoms with Gasteiger partial charge in [-0.3, -0.25) is 4.79 Å². The molecule has 0 atom stereocenters. The van der Waals surface area contributed by atoms with Gasteiger partial charge in [0.05, 0.1) is 0 Å². The Bertz CT molecular complexity index is 501. The van der Waals surface area contributed by atoms with Crippen LogP contribution in [0.3, 0.4) is 0 Å². The van der Waals surface area contributed by atoms with Crippen molar-refractivity contribution >= 4 is 23.3 Å². The van der Waals surface area contributed by atoms with Gasteiger partial charge in [0.25, 0.3) is 0 Å². The minimum absolute atomic E-state index is 0.164. The molecule has 114 valence electrons. The van der Waals surface area contributed by atoms with E-state index < -0.39 is 0 Å². The summed E-state index contributed by atoms with van der Waals surface area (Å²) in [6.45, 7) is 3.02. The lowest BCUT2D eigenvalue weighted by molar-refractivity contribution is -0.129. The van der Waals surface area contributed by atoms with Gasteiger partial charge < -0.3 is 9.80 Å². The highest BCUT2D eigenvalue weighted by molar-refractivity contribution is 7.10. The first-order chi connectivity index (χ1) is 10.2. The van der Waals surface area contributed by atoms with E-state index in [4.69, 9.17) is 0 Å². The molecule has 2 aliphatic heterocycles. The van der Waals surface area contributed by atoms with E-state index in [0.29, 0.717) is 5.54 Å². The zero-order valence-corrected chi connectivity index (χ0v) is 13.6. The fourth-order valence-corrected chi connectivity index (χ4v) is 4.27. The molecule has 0 radical (unpaired) electrons. The van der Waals surface area contributed by atoms with E-state index in [0.717, 1.165) is 30.8 Å². The van der Waals surface area contributed by atoms with Crippen LogP contribution in [0.15, 0.2) is 23.6 Å². The number of rotatable bonds is 2. The first-order valence-corrected chi connectivity index (χ1v) is 8.79. The molecule has 2 fully saturated rings. The standard InChI is InChI=1S/C17H24N2OS/c1-18-11-3-2-8-17(18)9-12-19(13-10-17)16(20)7-6-15-5-4-14-21-15/h4-7,14H,2-3,8-13H2,1H3/b7-6+. The van der Waals surface area contributed by atoms with E-state index in [1.54, 1.807) is 17.4 Å². The maximum Gasteiger partial charge on any atom is 0.246 e. The normalized spacial score (nSPS) is 23.0. The third-order valence-corrected chi connectivity index (χ3v) is 5.97. The molecule has 1 aromatic heterocycles. The van der Waals surface area contributed by atoms with Crippen molar-refractivity contribution in [2.24, 2.45) is 0 Å². The largest absolute Gasteiger partial charge is 0.339 e. The van der Waals surface area contributed by atoms with Gasteiger partial charge >= 0.3 is 0 Å². The number of carbonyl (C=O) groups is 1. The highest BCUT2D eigenvalue weighted by atomic mass is 32.1. The summed E-state index contributed by atoms with van der Waals surface area (Å²) < 4.78 is 0. The van der Waals surface area contributed by atoms with Crippen LogP contribution in [0.2, 0.25) is 0 Å². The SMILES string of the molecule is CN1CCCCC12CCN(C(=O)/C=C/c1cccs1)CC2. The van der Waals surface area contributed by atoms with E-state index in [1.165, 1.54) is 25.8 Å². The summed E-state index contributed by atoms with van der Waals surface area (Å²) in [7, 11) is 2.26. The fourth-order valence-electron chi connectivity index (χ4n) is 3.65. The van der Waals surface area contributed by atoms with Crippen molar-refractivity contribution in [3.63, 3.8) is 0 Å². The molecule has 2 saturated heterocycles. The van der Waals surface area contributed by atoms with Crippen LogP contribution < -0.4 is 0 Å². The van der Waals surface area contributed by atoms with Crippen LogP contribution in [0.1, 0.15) is 37.0 Å². The van der Waals surface area contributed by atoms with E-state index in [9.17, 15) is 4.79 Å². The number of piperidine rings is 2. The fraction of sp³-hybridized carbons (Fsp3) is 0.588. The lowest BCUT2D eigenvalue weighted by Gasteiger charge is -2.50. The van der Waals surface area contributed by atoms with Crippen molar-refractivity contribution in [1.82, 2.24) is 9.80 Å². The van der Waals surface area contributed by atoms with Crippen LogP contribution in [-0.4, -0.2) is 47.9 Å². The van der Waals surface area contributed by atoms with Crippen LogP contribution in [0.5, 0.6) is 0 Å². The summed E-state index contributed by atoms with van der Waals surface area (Å²) in [5, 5.41) is 2.04. The first-order valence-electron chi connectivity index (χ1n) is 7.91. The maximum atomic E-state index is 12.3. The van der Waals surface area contributed by atoms with Gasteiger partial charge in [-0.1, -0.05) is 12.5 Å². The lowest BCUT2D eigenvalue weighted by atomic mass is 9.79. The van der Waals surface area contributed by atoms with Gasteiger partial charge in [0, 0.05) is 29.6 Å². The summed E-state index contributed by atoms with van der Waals surface area (Å²) in [5.41, 5.74) is 0.368. The topological polar surface area (TPSA) is 23.6 Å². The molecule has 0 N–H and O–H groups in total. The average Bonchev–Trinajstić information content (AvgIpc) is 3.02. The number of likely N-dealkylation sites (tertiary alicyclic amines) is 2. The van der Waals surface area contributed by atoms with Crippen molar-refractivity contribution in [2.75, 3.05) is 26.7 Å². The Kier molecular flexibility index (Phi) is 4.45. The minimum atomic E-state index is 0.164. The number of thiophene rings is 1. The highest BCUT2D eigenvalue weighted by Crippen LogP contribution is 2.36. The molecule has 3 rings (SSSR count). The Balaban J connectivity index is 1.56. The van der Waals surface area contributed by atoms with Crippen molar-refractivity contribution < 1.29 is 4.79 Å². The molecular formula is C17H24N2OS. The van der Waals surface area contributed by atoms with E-state index in [1.807, 2.05) is 28.5 Å². The lowest BCUT2D eigenvalue weighted by Crippen LogP contribution is -2.56. The first kappa shape index (κ1) is 14.8. The van der Waals surface area contributed by atoms with Crippen LogP contribution in [-0.2, 0) is 4.79 Å². The zero-order chi connectivity index (χ0) is 14.7. The molecule has 0 unspecified atom stereocenters. The molecule has 1 spiro atoms. The number of hydrogen-bond acceptors (Lipinski definition) is 3. The number of amides is 1. The summed E-state index contributed by atoms with van der Waals surface area (Å²) in [5.74, 6) is 0.164. The Morgan fingerprint density at radius 2 is 2.05 bits per heavy atom. The smallest absolute Gasteiger partial charge is 0.246 e. The molecule has 4 heteroatoms. The molecule has 0 saturated carbocycles. The summed E-state index contributed by atoms with van der Waals surface area (Å²) in [6.07, 6.45) is 9.89. The van der Waals surface area contributed by atoms with Gasteiger partial charge in [-0.2, -0.15) is 0 Å². The predicted octanol–water partition coefficient (Wildman–Crippen LogP) is 3.24. The van der Waals surface area contributed by atoms with Gasteiger partial charge in [0.15, 0.2) is 0 Å². The molecule has 0 aromatic carbocycles. The Morgan fingerprint density at radius 3 is 2.71 bits per heavy atom. The van der Waals surface area contributed by atoms with Crippen LogP contribution >= 0.6 is 11.3 Å². The molecule has 3 nitrogen and oxygen atoms in total. The highest BCUT2D eigenvalue weighted by Gasteiger charge is 2.39. The summed E-state index contributed by atoms with van der Waals surface area (Å²) >= 11 is 1.67. The molecule has 21 heavy (non-hydrogen) atoms. The van der Waals surface area contributed by atoms with Crippen molar-refractivity contribution in [3.8, 4) is 0 Å². The average molecular weight is 304 g/mol. The Labute approximate surface area is 131 Å². The minimum Gasteiger partial charge on any atom is -0.339 e. The number of nitrogens with zero attached hydrogens (tertiary/aromatic N) is 2. The van der Waals surface area contributed by atoms with Crippen molar-refractivity contribution in [3.05, 3.63) is 28.5 Å². The van der Waals surface area contributed by atoms with Crippen LogP contribution in [0.4, 0.5) is 0 Å². The van der Waals surface area contributed by atoms with Crippen molar-refractivity contribution in [1.29, 1.82) is 0 Å². The molecule has 1 amide bonds. The third-order valence-electron chi connectivity index (χ3n) is 5.13. The van der Waals surface area contributed by atoms with Crippen LogP contribution in [0, 0.1) is 0 Å². The zero-order valence-electron chi connectivity index (χ0n) is 12.8. The summed E-state index contributed by atoms with van der Waals surface area (Å²) in [6, 6.07) is 4.05. The molecule has 2 aliphatic rings. The van der Waals surface area contributed by atoms with E-state index >= 15 is 0 Å². The predicted molar refractivity (Wildman–Crippen MR) is 88.4 cm³/mol. The Morgan fingerprint density at radius 1 is 1.24 bits per heavy atom. The second-order valence-electron chi connectivity index (χ2n) is 6.28. The van der Waals surface area contributed by atoms with Gasteiger partial charge in [0.1, 0.15) is 0 Å². The Hall–Kier alpha value is -1.13. The number of carbonyl (C=O) groups excluding carboxylic acids is 1. The van der Waals surface area contributed by atoms with E-state index in [2.05, 4.69) is 11.9 Å². The van der Waals surface area contributed by atoms with E-state index in [-0.39, 0.29) is 5.91 Å². The summed E-state index contributed by atoms with van der Waals surface area (Å²) in [4.78, 5) is 18.0. The second kappa shape index (κ2) is 6.32. The second-order valence-corrected chi connectivity index (χ2v) is 7.26. The maximum absolute atomic E-state index is 12.3. The molecular weight excluding hydrogens is 280 g/mol. The van der Waals surface area contributed by atoms with Gasteiger partial charge in [-0.05, 0) is 56.8 Å². The van der Waals surface area contributed by atoms with Gasteiger partial charge in [-0.25, -0.2) is 0 Å². The molecule has 1 aromatic rings. The van der Waals surface area contributed by atoms with Crippen molar-refractivity contribution in [2.45, 2.75) is 37.6 Å². The molecule has 3 heterocycles. The molecule has 0 bridgehead atoms.